The molecule has 76 valence electrons. The minimum Gasteiger partial charge on any atom is -0.383 e. The van der Waals surface area contributed by atoms with Crippen LogP contribution in [0.2, 0.25) is 0 Å². The monoisotopic (exact) mass is 315 g/mol. The second kappa shape index (κ2) is 4.09. The lowest BCUT2D eigenvalue weighted by Crippen LogP contribution is -1.98. The smallest absolute Gasteiger partial charge is 0.161 e. The van der Waals surface area contributed by atoms with Gasteiger partial charge in [-0.15, -0.1) is 0 Å². The quantitative estimate of drug-likeness (QED) is 0.823. The van der Waals surface area contributed by atoms with Crippen LogP contribution >= 0.6 is 22.6 Å². The van der Waals surface area contributed by atoms with Crippen LogP contribution in [-0.4, -0.2) is 9.97 Å². The molecular formula is C10H7FIN3. The maximum Gasteiger partial charge on any atom is 0.161 e. The van der Waals surface area contributed by atoms with Gasteiger partial charge < -0.3 is 5.73 Å². The van der Waals surface area contributed by atoms with Crippen LogP contribution in [0.25, 0.3) is 11.4 Å². The molecule has 0 saturated heterocycles. The fourth-order valence-corrected chi connectivity index (χ4v) is 1.38. The standard InChI is InChI=1S/C10H7FIN3/c11-7-3-1-6(2-4-7)10-14-5-8(12)9(13)15-10/h1-5H,(H2,13,14,15). The fraction of sp³-hybridized carbons (Fsp3) is 0. The van der Waals surface area contributed by atoms with E-state index in [2.05, 4.69) is 32.6 Å². The lowest BCUT2D eigenvalue weighted by Gasteiger charge is -2.02. The molecule has 0 spiro atoms. The number of aromatic nitrogens is 2. The third-order valence-electron chi connectivity index (χ3n) is 1.87. The van der Waals surface area contributed by atoms with Gasteiger partial charge in [-0.2, -0.15) is 0 Å². The van der Waals surface area contributed by atoms with Crippen molar-refractivity contribution in [2.24, 2.45) is 0 Å². The van der Waals surface area contributed by atoms with Crippen LogP contribution in [0.15, 0.2) is 30.5 Å². The van der Waals surface area contributed by atoms with E-state index in [4.69, 9.17) is 5.73 Å². The Balaban J connectivity index is 2.45. The van der Waals surface area contributed by atoms with Crippen molar-refractivity contribution < 1.29 is 4.39 Å². The van der Waals surface area contributed by atoms with Gasteiger partial charge in [0.05, 0.1) is 3.57 Å². The van der Waals surface area contributed by atoms with Gasteiger partial charge >= 0.3 is 0 Å². The van der Waals surface area contributed by atoms with E-state index < -0.39 is 0 Å². The molecule has 0 saturated carbocycles. The van der Waals surface area contributed by atoms with Crippen LogP contribution in [0.3, 0.4) is 0 Å². The van der Waals surface area contributed by atoms with Crippen molar-refractivity contribution in [3.05, 3.63) is 39.8 Å². The van der Waals surface area contributed by atoms with E-state index in [0.29, 0.717) is 11.6 Å². The molecule has 0 fully saturated rings. The van der Waals surface area contributed by atoms with E-state index in [1.807, 2.05) is 0 Å². The first-order chi connectivity index (χ1) is 7.16. The first-order valence-electron chi connectivity index (χ1n) is 4.21. The molecule has 5 heteroatoms. The predicted molar refractivity (Wildman–Crippen MR) is 64.6 cm³/mol. The van der Waals surface area contributed by atoms with Crippen molar-refractivity contribution in [3.63, 3.8) is 0 Å². The van der Waals surface area contributed by atoms with Gasteiger partial charge in [-0.3, -0.25) is 0 Å². The van der Waals surface area contributed by atoms with E-state index in [0.717, 1.165) is 9.13 Å². The minimum atomic E-state index is -0.280. The average Bonchev–Trinajstić information content (AvgIpc) is 2.23. The van der Waals surface area contributed by atoms with E-state index in [1.165, 1.54) is 12.1 Å². The van der Waals surface area contributed by atoms with Crippen molar-refractivity contribution in [1.82, 2.24) is 9.97 Å². The summed E-state index contributed by atoms with van der Waals surface area (Å²) in [7, 11) is 0. The summed E-state index contributed by atoms with van der Waals surface area (Å²) < 4.78 is 13.5. The number of hydrogen-bond acceptors (Lipinski definition) is 3. The molecule has 0 bridgehead atoms. The summed E-state index contributed by atoms with van der Waals surface area (Å²) in [6.45, 7) is 0. The summed E-state index contributed by atoms with van der Waals surface area (Å²) in [6, 6.07) is 5.98. The van der Waals surface area contributed by atoms with Gasteiger partial charge in [-0.05, 0) is 46.9 Å². The Morgan fingerprint density at radius 2 is 1.87 bits per heavy atom. The molecule has 0 atom stereocenters. The summed E-state index contributed by atoms with van der Waals surface area (Å²) >= 11 is 2.06. The van der Waals surface area contributed by atoms with Crippen LogP contribution in [0.5, 0.6) is 0 Å². The molecule has 2 aromatic rings. The number of nitrogens with zero attached hydrogens (tertiary/aromatic N) is 2. The number of hydrogen-bond donors (Lipinski definition) is 1. The number of rotatable bonds is 1. The molecule has 2 N–H and O–H groups in total. The van der Waals surface area contributed by atoms with Crippen molar-refractivity contribution in [2.75, 3.05) is 5.73 Å². The third-order valence-corrected chi connectivity index (χ3v) is 2.70. The van der Waals surface area contributed by atoms with Gasteiger partial charge in [0.25, 0.3) is 0 Å². The lowest BCUT2D eigenvalue weighted by molar-refractivity contribution is 0.628. The van der Waals surface area contributed by atoms with Crippen molar-refractivity contribution >= 4 is 28.4 Å². The molecule has 0 unspecified atom stereocenters. The van der Waals surface area contributed by atoms with Crippen LogP contribution < -0.4 is 5.73 Å². The largest absolute Gasteiger partial charge is 0.383 e. The third kappa shape index (κ3) is 2.23. The molecule has 1 heterocycles. The fourth-order valence-electron chi connectivity index (χ4n) is 1.12. The zero-order chi connectivity index (χ0) is 10.8. The summed E-state index contributed by atoms with van der Waals surface area (Å²) in [4.78, 5) is 8.23. The van der Waals surface area contributed by atoms with Crippen LogP contribution in [0.1, 0.15) is 0 Å². The molecule has 0 aliphatic rings. The summed E-state index contributed by atoms with van der Waals surface area (Å²) in [6.07, 6.45) is 1.64. The highest BCUT2D eigenvalue weighted by atomic mass is 127. The normalized spacial score (nSPS) is 10.3. The van der Waals surface area contributed by atoms with Gasteiger partial charge in [0, 0.05) is 11.8 Å². The molecule has 1 aromatic heterocycles. The van der Waals surface area contributed by atoms with E-state index in [1.54, 1.807) is 18.3 Å². The van der Waals surface area contributed by atoms with Gasteiger partial charge in [-0.25, -0.2) is 14.4 Å². The van der Waals surface area contributed by atoms with Crippen LogP contribution in [-0.2, 0) is 0 Å². The maximum atomic E-state index is 12.7. The van der Waals surface area contributed by atoms with Crippen molar-refractivity contribution in [3.8, 4) is 11.4 Å². The number of anilines is 1. The SMILES string of the molecule is Nc1nc(-c2ccc(F)cc2)ncc1I. The predicted octanol–water partition coefficient (Wildman–Crippen LogP) is 2.47. The Kier molecular flexibility index (Phi) is 2.81. The Morgan fingerprint density at radius 1 is 1.20 bits per heavy atom. The van der Waals surface area contributed by atoms with E-state index in [9.17, 15) is 4.39 Å². The Hall–Kier alpha value is -1.24. The Labute approximate surface area is 99.7 Å². The minimum absolute atomic E-state index is 0.280. The molecule has 1 aromatic carbocycles. The lowest BCUT2D eigenvalue weighted by atomic mass is 10.2. The Bertz CT molecular complexity index is 485. The van der Waals surface area contributed by atoms with Gasteiger partial charge in [0.15, 0.2) is 5.82 Å². The van der Waals surface area contributed by atoms with Gasteiger partial charge in [-0.1, -0.05) is 0 Å². The number of nitrogens with two attached hydrogens (primary N) is 1. The molecule has 15 heavy (non-hydrogen) atoms. The summed E-state index contributed by atoms with van der Waals surface area (Å²) in [5.41, 5.74) is 6.40. The second-order valence-corrected chi connectivity index (χ2v) is 4.10. The zero-order valence-corrected chi connectivity index (χ0v) is 9.77. The summed E-state index contributed by atoms with van der Waals surface area (Å²) in [5, 5.41) is 0. The highest BCUT2D eigenvalue weighted by molar-refractivity contribution is 14.1. The van der Waals surface area contributed by atoms with E-state index >= 15 is 0 Å². The van der Waals surface area contributed by atoms with Gasteiger partial charge in [0.2, 0.25) is 0 Å². The van der Waals surface area contributed by atoms with Crippen molar-refractivity contribution in [1.29, 1.82) is 0 Å². The highest BCUT2D eigenvalue weighted by Crippen LogP contribution is 2.18. The molecule has 2 rings (SSSR count). The average molecular weight is 315 g/mol. The van der Waals surface area contributed by atoms with Crippen LogP contribution in [0, 0.1) is 9.39 Å². The summed E-state index contributed by atoms with van der Waals surface area (Å²) in [5.74, 6) is 0.662. The topological polar surface area (TPSA) is 51.8 Å². The Morgan fingerprint density at radius 3 is 2.47 bits per heavy atom. The molecule has 0 radical (unpaired) electrons. The molecule has 3 nitrogen and oxygen atoms in total. The first kappa shape index (κ1) is 10.3. The van der Waals surface area contributed by atoms with Crippen molar-refractivity contribution in [2.45, 2.75) is 0 Å². The molecule has 0 aliphatic heterocycles. The number of benzene rings is 1. The molecule has 0 aliphatic carbocycles. The maximum absolute atomic E-state index is 12.7. The van der Waals surface area contributed by atoms with Gasteiger partial charge in [0.1, 0.15) is 11.6 Å². The zero-order valence-electron chi connectivity index (χ0n) is 7.61. The number of halogens is 2. The first-order valence-corrected chi connectivity index (χ1v) is 5.28. The number of nitrogen functional groups attached to an aromatic ring is 1. The van der Waals surface area contributed by atoms with Crippen LogP contribution in [0.4, 0.5) is 10.2 Å². The second-order valence-electron chi connectivity index (χ2n) is 2.93. The molecule has 0 amide bonds. The highest BCUT2D eigenvalue weighted by Gasteiger charge is 2.04. The molecular weight excluding hydrogens is 308 g/mol. The van der Waals surface area contributed by atoms with E-state index in [-0.39, 0.29) is 5.82 Å².